The van der Waals surface area contributed by atoms with E-state index < -0.39 is 22.0 Å². The van der Waals surface area contributed by atoms with Crippen LogP contribution in [0.1, 0.15) is 32.6 Å². The van der Waals surface area contributed by atoms with E-state index in [1.165, 1.54) is 40.7 Å². The van der Waals surface area contributed by atoms with Crippen LogP contribution in [0.25, 0.3) is 0 Å². The van der Waals surface area contributed by atoms with Crippen LogP contribution in [0.15, 0.2) is 53.4 Å². The molecule has 2 aromatic rings. The van der Waals surface area contributed by atoms with Gasteiger partial charge in [0.05, 0.1) is 4.90 Å². The number of nitrogens with zero attached hydrogens (tertiary/aromatic N) is 1. The quantitative estimate of drug-likeness (QED) is 0.771. The zero-order chi connectivity index (χ0) is 20.9. The molecule has 1 aliphatic rings. The lowest BCUT2D eigenvalue weighted by Crippen LogP contribution is -2.32. The van der Waals surface area contributed by atoms with Crippen LogP contribution in [-0.2, 0) is 14.8 Å². The van der Waals surface area contributed by atoms with E-state index in [-0.39, 0.29) is 10.7 Å². The average molecular weight is 421 g/mol. The Balaban J connectivity index is 1.62. The highest BCUT2D eigenvalue weighted by molar-refractivity contribution is 7.89. The molecular weight excluding hydrogens is 395 g/mol. The number of sulfonamides is 1. The van der Waals surface area contributed by atoms with E-state index in [2.05, 4.69) is 5.32 Å². The highest BCUT2D eigenvalue weighted by atomic mass is 32.2. The zero-order valence-electron chi connectivity index (χ0n) is 16.3. The van der Waals surface area contributed by atoms with Crippen LogP contribution >= 0.6 is 0 Å². The summed E-state index contributed by atoms with van der Waals surface area (Å²) in [6.45, 7) is 2.66. The van der Waals surface area contributed by atoms with Gasteiger partial charge in [-0.25, -0.2) is 12.8 Å². The highest BCUT2D eigenvalue weighted by Crippen LogP contribution is 2.22. The molecule has 0 aromatic heterocycles. The zero-order valence-corrected chi connectivity index (χ0v) is 17.1. The molecule has 1 saturated heterocycles. The number of amides is 1. The van der Waals surface area contributed by atoms with Gasteiger partial charge in [0.1, 0.15) is 11.6 Å². The van der Waals surface area contributed by atoms with Crippen molar-refractivity contribution in [3.05, 3.63) is 54.3 Å². The third kappa shape index (κ3) is 5.55. The summed E-state index contributed by atoms with van der Waals surface area (Å²) in [6, 6.07) is 11.5. The van der Waals surface area contributed by atoms with Crippen molar-refractivity contribution < 1.29 is 22.3 Å². The Kier molecular flexibility index (Phi) is 6.87. The van der Waals surface area contributed by atoms with Gasteiger partial charge in [-0.15, -0.1) is 0 Å². The van der Waals surface area contributed by atoms with Crippen molar-refractivity contribution in [3.63, 3.8) is 0 Å². The van der Waals surface area contributed by atoms with Gasteiger partial charge in [0, 0.05) is 18.8 Å². The maximum atomic E-state index is 12.9. The molecule has 0 saturated carbocycles. The second-order valence-corrected chi connectivity index (χ2v) is 8.98. The molecule has 1 heterocycles. The molecule has 2 aromatic carbocycles. The van der Waals surface area contributed by atoms with Crippen LogP contribution < -0.4 is 10.1 Å². The van der Waals surface area contributed by atoms with Gasteiger partial charge < -0.3 is 10.1 Å². The Morgan fingerprint density at radius 2 is 1.59 bits per heavy atom. The van der Waals surface area contributed by atoms with Gasteiger partial charge in [-0.2, -0.15) is 4.31 Å². The third-order valence-corrected chi connectivity index (χ3v) is 6.73. The second kappa shape index (κ2) is 9.37. The van der Waals surface area contributed by atoms with Crippen molar-refractivity contribution in [1.29, 1.82) is 0 Å². The van der Waals surface area contributed by atoms with Crippen molar-refractivity contribution in [2.45, 2.75) is 43.6 Å². The number of rotatable bonds is 6. The molecule has 3 rings (SSSR count). The third-order valence-electron chi connectivity index (χ3n) is 4.82. The maximum absolute atomic E-state index is 12.9. The number of ether oxygens (including phenoxy) is 1. The summed E-state index contributed by atoms with van der Waals surface area (Å²) in [6.07, 6.45) is 3.05. The molecule has 1 N–H and O–H groups in total. The van der Waals surface area contributed by atoms with Crippen LogP contribution in [0, 0.1) is 5.82 Å². The fourth-order valence-corrected chi connectivity index (χ4v) is 4.67. The number of nitrogens with one attached hydrogen (secondary N) is 1. The summed E-state index contributed by atoms with van der Waals surface area (Å²) in [5, 5.41) is 2.70. The first-order valence-electron chi connectivity index (χ1n) is 9.69. The van der Waals surface area contributed by atoms with Gasteiger partial charge in [-0.3, -0.25) is 4.79 Å². The van der Waals surface area contributed by atoms with Gasteiger partial charge >= 0.3 is 0 Å². The molecule has 8 heteroatoms. The van der Waals surface area contributed by atoms with Crippen LogP contribution in [0.3, 0.4) is 0 Å². The standard InChI is InChI=1S/C21H25FN2O4S/c1-16(28-19-10-6-17(22)7-11-19)21(25)23-18-8-12-20(13-9-18)29(26,27)24-14-4-2-3-5-15-24/h6-13,16H,2-5,14-15H2,1H3,(H,23,25)/t16-/m1/s1. The minimum atomic E-state index is -3.53. The van der Waals surface area contributed by atoms with Crippen molar-refractivity contribution in [2.24, 2.45) is 0 Å². The van der Waals surface area contributed by atoms with Gasteiger partial charge in [0.25, 0.3) is 5.91 Å². The lowest BCUT2D eigenvalue weighted by molar-refractivity contribution is -0.122. The number of benzene rings is 2. The van der Waals surface area contributed by atoms with E-state index >= 15 is 0 Å². The minimum Gasteiger partial charge on any atom is -0.481 e. The smallest absolute Gasteiger partial charge is 0.265 e. The van der Waals surface area contributed by atoms with Gasteiger partial charge in [0.15, 0.2) is 6.10 Å². The molecule has 0 aliphatic carbocycles. The van der Waals surface area contributed by atoms with E-state index in [9.17, 15) is 17.6 Å². The Labute approximate surface area is 170 Å². The molecule has 6 nitrogen and oxygen atoms in total. The first-order chi connectivity index (χ1) is 13.9. The first-order valence-corrected chi connectivity index (χ1v) is 11.1. The van der Waals surface area contributed by atoms with E-state index in [1.807, 2.05) is 0 Å². The van der Waals surface area contributed by atoms with Gasteiger partial charge in [0.2, 0.25) is 10.0 Å². The SMILES string of the molecule is C[C@@H](Oc1ccc(F)cc1)C(=O)Nc1ccc(S(=O)(=O)N2CCCCCC2)cc1. The normalized spacial score (nSPS) is 16.6. The molecule has 0 spiro atoms. The van der Waals surface area contributed by atoms with Gasteiger partial charge in [-0.05, 0) is 68.3 Å². The predicted octanol–water partition coefficient (Wildman–Crippen LogP) is 3.80. The van der Waals surface area contributed by atoms with E-state index in [0.29, 0.717) is 24.5 Å². The van der Waals surface area contributed by atoms with Crippen molar-refractivity contribution >= 4 is 21.6 Å². The van der Waals surface area contributed by atoms with Crippen LogP contribution in [-0.4, -0.2) is 37.8 Å². The second-order valence-electron chi connectivity index (χ2n) is 7.05. The van der Waals surface area contributed by atoms with Crippen LogP contribution in [0.4, 0.5) is 10.1 Å². The number of carbonyl (C=O) groups excluding carboxylic acids is 1. The summed E-state index contributed by atoms with van der Waals surface area (Å²) in [5.74, 6) is -0.393. The lowest BCUT2D eigenvalue weighted by Gasteiger charge is -2.20. The van der Waals surface area contributed by atoms with Crippen molar-refractivity contribution in [3.8, 4) is 5.75 Å². The fourth-order valence-electron chi connectivity index (χ4n) is 3.16. The van der Waals surface area contributed by atoms with Crippen LogP contribution in [0.2, 0.25) is 0 Å². The number of halogens is 1. The summed E-state index contributed by atoms with van der Waals surface area (Å²) < 4.78 is 45.6. The summed E-state index contributed by atoms with van der Waals surface area (Å²) >= 11 is 0. The molecule has 1 atom stereocenters. The molecule has 0 radical (unpaired) electrons. The van der Waals surface area contributed by atoms with Gasteiger partial charge in [-0.1, -0.05) is 12.8 Å². The average Bonchev–Trinajstić information content (AvgIpc) is 3.00. The molecule has 29 heavy (non-hydrogen) atoms. The highest BCUT2D eigenvalue weighted by Gasteiger charge is 2.25. The van der Waals surface area contributed by atoms with E-state index in [0.717, 1.165) is 25.7 Å². The minimum absolute atomic E-state index is 0.216. The Bertz CT molecular complexity index is 922. The topological polar surface area (TPSA) is 75.7 Å². The molecule has 1 fully saturated rings. The van der Waals surface area contributed by atoms with E-state index in [4.69, 9.17) is 4.74 Å². The molecule has 1 aliphatic heterocycles. The molecule has 156 valence electrons. The number of hydrogen-bond donors (Lipinski definition) is 1. The summed E-state index contributed by atoms with van der Waals surface area (Å²) in [7, 11) is -3.53. The largest absolute Gasteiger partial charge is 0.481 e. The maximum Gasteiger partial charge on any atom is 0.265 e. The molecule has 0 bridgehead atoms. The Morgan fingerprint density at radius 1 is 1.00 bits per heavy atom. The Hall–Kier alpha value is -2.45. The monoisotopic (exact) mass is 420 g/mol. The fraction of sp³-hybridized carbons (Fsp3) is 0.381. The summed E-state index contributed by atoms with van der Waals surface area (Å²) in [4.78, 5) is 12.5. The number of anilines is 1. The van der Waals surface area contributed by atoms with E-state index in [1.54, 1.807) is 19.1 Å². The predicted molar refractivity (Wildman–Crippen MR) is 109 cm³/mol. The Morgan fingerprint density at radius 3 is 2.17 bits per heavy atom. The molecule has 0 unspecified atom stereocenters. The van der Waals surface area contributed by atoms with Crippen molar-refractivity contribution in [2.75, 3.05) is 18.4 Å². The molecular formula is C21H25FN2O4S. The van der Waals surface area contributed by atoms with Crippen LogP contribution in [0.5, 0.6) is 5.75 Å². The molecule has 1 amide bonds. The number of carbonyl (C=O) groups is 1. The first kappa shape index (κ1) is 21.3. The lowest BCUT2D eigenvalue weighted by atomic mass is 10.2. The summed E-state index contributed by atoms with van der Waals surface area (Å²) in [5.41, 5.74) is 0.472. The number of hydrogen-bond acceptors (Lipinski definition) is 4. The van der Waals surface area contributed by atoms with Crippen molar-refractivity contribution in [1.82, 2.24) is 4.31 Å².